The minimum Gasteiger partial charge on any atom is -0.405 e. The van der Waals surface area contributed by atoms with Gasteiger partial charge in [-0.2, -0.15) is 0 Å². The molecule has 24 heavy (non-hydrogen) atoms. The van der Waals surface area contributed by atoms with E-state index in [2.05, 4.69) is 0 Å². The van der Waals surface area contributed by atoms with E-state index in [0.717, 1.165) is 16.7 Å². The Bertz CT molecular complexity index is 887. The minimum atomic E-state index is -3.24. The van der Waals surface area contributed by atoms with E-state index in [0.29, 0.717) is 5.76 Å². The Morgan fingerprint density at radius 2 is 1.54 bits per heavy atom. The summed E-state index contributed by atoms with van der Waals surface area (Å²) in [5.74, 6) is 0.356. The van der Waals surface area contributed by atoms with Crippen LogP contribution in [0, 0.1) is 5.82 Å². The van der Waals surface area contributed by atoms with E-state index < -0.39 is 9.84 Å². The molecule has 6 heteroatoms. The summed E-state index contributed by atoms with van der Waals surface area (Å²) in [6.45, 7) is 2.00. The lowest BCUT2D eigenvalue weighted by Crippen LogP contribution is -2.22. The van der Waals surface area contributed by atoms with Crippen LogP contribution in [0.25, 0.3) is 11.3 Å². The van der Waals surface area contributed by atoms with Crippen molar-refractivity contribution in [3.8, 4) is 0 Å². The van der Waals surface area contributed by atoms with Gasteiger partial charge in [-0.05, 0) is 48.9 Å². The zero-order valence-corrected chi connectivity index (χ0v) is 14.5. The van der Waals surface area contributed by atoms with Gasteiger partial charge in [0.15, 0.2) is 15.6 Å². The van der Waals surface area contributed by atoms with Gasteiger partial charge in [-0.3, -0.25) is 0 Å². The first-order chi connectivity index (χ1) is 11.3. The van der Waals surface area contributed by atoms with Gasteiger partial charge in [0.2, 0.25) is 0 Å². The molecule has 0 bridgehead atoms. The molecule has 0 aromatic heterocycles. The van der Waals surface area contributed by atoms with Gasteiger partial charge in [0.25, 0.3) is 0 Å². The molecule has 3 rings (SSSR count). The fraction of sp³-hybridized carbons (Fsp3) is 0.222. The fourth-order valence-corrected chi connectivity index (χ4v) is 3.34. The maximum absolute atomic E-state index is 13.2. The molecule has 1 aliphatic rings. The summed E-state index contributed by atoms with van der Waals surface area (Å²) < 4.78 is 36.4. The minimum absolute atomic E-state index is 0.0138. The van der Waals surface area contributed by atoms with Crippen molar-refractivity contribution >= 4 is 21.2 Å². The summed E-state index contributed by atoms with van der Waals surface area (Å²) >= 11 is 0. The normalized spacial score (nSPS) is 18.8. The maximum atomic E-state index is 13.2. The Morgan fingerprint density at radius 3 is 2.08 bits per heavy atom. The summed E-state index contributed by atoms with van der Waals surface area (Å²) in [5.41, 5.74) is 2.58. The molecule has 0 spiro atoms. The van der Waals surface area contributed by atoms with Crippen molar-refractivity contribution in [2.24, 2.45) is 0 Å². The number of hydroxylamine groups is 2. The largest absolute Gasteiger partial charge is 0.405 e. The standard InChI is InChI=1S/C18H18FNO3S/c1-12-17(13-4-8-15(19)9-5-13)18(23-20(12)2)14-6-10-16(11-7-14)24(3,21)22/h4-12H,1-3H3. The van der Waals surface area contributed by atoms with Gasteiger partial charge in [0.1, 0.15) is 5.82 Å². The molecular weight excluding hydrogens is 329 g/mol. The summed E-state index contributed by atoms with van der Waals surface area (Å²) in [5, 5.41) is 1.72. The van der Waals surface area contributed by atoms with Crippen LogP contribution in [0.5, 0.6) is 0 Å². The van der Waals surface area contributed by atoms with E-state index in [4.69, 9.17) is 4.84 Å². The van der Waals surface area contributed by atoms with Crippen LogP contribution in [0.4, 0.5) is 4.39 Å². The van der Waals surface area contributed by atoms with Crippen molar-refractivity contribution in [2.75, 3.05) is 13.3 Å². The molecule has 0 amide bonds. The molecule has 0 saturated heterocycles. The molecular formula is C18H18FNO3S. The van der Waals surface area contributed by atoms with Crippen molar-refractivity contribution in [1.82, 2.24) is 5.06 Å². The van der Waals surface area contributed by atoms with Gasteiger partial charge < -0.3 is 4.84 Å². The zero-order chi connectivity index (χ0) is 17.5. The summed E-state index contributed by atoms with van der Waals surface area (Å²) in [7, 11) is -1.42. The number of nitrogens with zero attached hydrogens (tertiary/aromatic N) is 1. The maximum Gasteiger partial charge on any atom is 0.175 e. The highest BCUT2D eigenvalue weighted by atomic mass is 32.2. The molecule has 0 fully saturated rings. The number of likely N-dealkylation sites (N-methyl/N-ethyl adjacent to an activating group) is 1. The summed E-state index contributed by atoms with van der Waals surface area (Å²) in [6.07, 6.45) is 1.17. The van der Waals surface area contributed by atoms with Gasteiger partial charge in [-0.25, -0.2) is 12.8 Å². The third-order valence-electron chi connectivity index (χ3n) is 4.14. The first-order valence-electron chi connectivity index (χ1n) is 7.49. The summed E-state index contributed by atoms with van der Waals surface area (Å²) in [4.78, 5) is 6.11. The first kappa shape index (κ1) is 16.7. The zero-order valence-electron chi connectivity index (χ0n) is 13.7. The van der Waals surface area contributed by atoms with Gasteiger partial charge >= 0.3 is 0 Å². The SMILES string of the molecule is CC1C(c2ccc(F)cc2)=C(c2ccc(S(C)(=O)=O)cc2)ON1C. The van der Waals surface area contributed by atoms with E-state index in [1.54, 1.807) is 41.5 Å². The number of halogens is 1. The van der Waals surface area contributed by atoms with Crippen LogP contribution in [0.1, 0.15) is 18.1 Å². The lowest BCUT2D eigenvalue weighted by molar-refractivity contribution is -0.0595. The topological polar surface area (TPSA) is 46.6 Å². The van der Waals surface area contributed by atoms with E-state index in [-0.39, 0.29) is 16.8 Å². The first-order valence-corrected chi connectivity index (χ1v) is 9.38. The predicted octanol–water partition coefficient (Wildman–Crippen LogP) is 3.36. The number of hydrogen-bond donors (Lipinski definition) is 0. The van der Waals surface area contributed by atoms with Gasteiger partial charge in [-0.15, -0.1) is 5.06 Å². The third kappa shape index (κ3) is 3.07. The monoisotopic (exact) mass is 347 g/mol. The molecule has 1 aliphatic heterocycles. The molecule has 2 aromatic carbocycles. The molecule has 1 atom stereocenters. The predicted molar refractivity (Wildman–Crippen MR) is 91.1 cm³/mol. The molecule has 126 valence electrons. The highest BCUT2D eigenvalue weighted by Gasteiger charge is 2.31. The van der Waals surface area contributed by atoms with Gasteiger partial charge in [-0.1, -0.05) is 12.1 Å². The van der Waals surface area contributed by atoms with Crippen LogP contribution >= 0.6 is 0 Å². The Balaban J connectivity index is 2.09. The molecule has 0 saturated carbocycles. The van der Waals surface area contributed by atoms with Crippen LogP contribution < -0.4 is 0 Å². The number of hydrogen-bond acceptors (Lipinski definition) is 4. The van der Waals surface area contributed by atoms with Crippen molar-refractivity contribution in [2.45, 2.75) is 17.9 Å². The van der Waals surface area contributed by atoms with Gasteiger partial charge in [0.05, 0.1) is 10.9 Å². The quantitative estimate of drug-likeness (QED) is 0.854. The van der Waals surface area contributed by atoms with Gasteiger partial charge in [0, 0.05) is 24.4 Å². The molecule has 0 N–H and O–H groups in total. The third-order valence-corrected chi connectivity index (χ3v) is 5.27. The van der Waals surface area contributed by atoms with Crippen molar-refractivity contribution in [3.63, 3.8) is 0 Å². The Hall–Kier alpha value is -2.18. The number of rotatable bonds is 3. The second kappa shape index (κ2) is 6.03. The van der Waals surface area contributed by atoms with Crippen LogP contribution in [0.2, 0.25) is 0 Å². The number of benzene rings is 2. The summed E-state index contributed by atoms with van der Waals surface area (Å²) in [6, 6.07) is 12.8. The van der Waals surface area contributed by atoms with Crippen molar-refractivity contribution in [1.29, 1.82) is 0 Å². The van der Waals surface area contributed by atoms with E-state index in [1.807, 2.05) is 14.0 Å². The Morgan fingerprint density at radius 1 is 1.00 bits per heavy atom. The smallest absolute Gasteiger partial charge is 0.175 e. The lowest BCUT2D eigenvalue weighted by atomic mass is 9.96. The highest BCUT2D eigenvalue weighted by molar-refractivity contribution is 7.90. The molecule has 4 nitrogen and oxygen atoms in total. The van der Waals surface area contributed by atoms with E-state index in [9.17, 15) is 12.8 Å². The second-order valence-corrected chi connectivity index (χ2v) is 7.88. The van der Waals surface area contributed by atoms with Crippen LogP contribution in [-0.4, -0.2) is 32.8 Å². The van der Waals surface area contributed by atoms with Crippen molar-refractivity contribution < 1.29 is 17.6 Å². The molecule has 2 aromatic rings. The number of sulfone groups is 1. The average molecular weight is 347 g/mol. The van der Waals surface area contributed by atoms with E-state index >= 15 is 0 Å². The molecule has 0 radical (unpaired) electrons. The molecule has 0 aliphatic carbocycles. The molecule has 1 unspecified atom stereocenters. The van der Waals surface area contributed by atoms with Crippen LogP contribution in [0.3, 0.4) is 0 Å². The lowest BCUT2D eigenvalue weighted by Gasteiger charge is -2.15. The van der Waals surface area contributed by atoms with E-state index in [1.165, 1.54) is 18.4 Å². The average Bonchev–Trinajstić information content (AvgIpc) is 2.83. The Kier molecular flexibility index (Phi) is 4.19. The van der Waals surface area contributed by atoms with Crippen molar-refractivity contribution in [3.05, 3.63) is 65.5 Å². The van der Waals surface area contributed by atoms with Crippen LogP contribution in [-0.2, 0) is 14.7 Å². The van der Waals surface area contributed by atoms with Crippen LogP contribution in [0.15, 0.2) is 53.4 Å². The highest BCUT2D eigenvalue weighted by Crippen LogP contribution is 2.38. The second-order valence-electron chi connectivity index (χ2n) is 5.86. The fourth-order valence-electron chi connectivity index (χ4n) is 2.71. The Labute approximate surface area is 141 Å². The molecule has 1 heterocycles.